The molecule has 0 radical (unpaired) electrons. The SMILES string of the molecule is CC(C)=CCCC(C)=CCCC(C)=CCOP(=O)(ON=[N+]=[N-])OP(=O)(O)O. The van der Waals surface area contributed by atoms with Gasteiger partial charge in [0.15, 0.2) is 0 Å². The second-order valence-corrected chi connectivity index (χ2v) is 8.98. The summed E-state index contributed by atoms with van der Waals surface area (Å²) in [5, 5.41) is 2.52. The summed E-state index contributed by atoms with van der Waals surface area (Å²) in [6, 6.07) is 0. The van der Waals surface area contributed by atoms with Gasteiger partial charge in [0.2, 0.25) is 0 Å². The molecule has 0 aromatic heterocycles. The lowest BCUT2D eigenvalue weighted by molar-refractivity contribution is 0.151. The summed E-state index contributed by atoms with van der Waals surface area (Å²) in [7, 11) is -9.89. The number of nitrogens with zero attached hydrogens (tertiary/aromatic N) is 3. The molecule has 0 bridgehead atoms. The summed E-state index contributed by atoms with van der Waals surface area (Å²) < 4.78 is 35.5. The summed E-state index contributed by atoms with van der Waals surface area (Å²) in [4.78, 5) is 19.6. The van der Waals surface area contributed by atoms with E-state index in [4.69, 9.17) is 19.8 Å². The summed E-state index contributed by atoms with van der Waals surface area (Å²) in [5.74, 6) is 0. The van der Waals surface area contributed by atoms with Crippen LogP contribution in [0.2, 0.25) is 0 Å². The summed E-state index contributed by atoms with van der Waals surface area (Å²) >= 11 is 0. The second-order valence-electron chi connectivity index (χ2n) is 6.03. The minimum Gasteiger partial charge on any atom is -0.336 e. The van der Waals surface area contributed by atoms with Crippen molar-refractivity contribution in [2.45, 2.75) is 53.4 Å². The smallest absolute Gasteiger partial charge is 0.336 e. The lowest BCUT2D eigenvalue weighted by Gasteiger charge is -2.14. The van der Waals surface area contributed by atoms with Crippen molar-refractivity contribution < 1.29 is 32.4 Å². The Balaban J connectivity index is 4.53. The van der Waals surface area contributed by atoms with Gasteiger partial charge in [0.05, 0.1) is 6.61 Å². The Labute approximate surface area is 159 Å². The fraction of sp³-hybridized carbons (Fsp3) is 0.600. The molecule has 12 heteroatoms. The standard InChI is InChI=1S/C15H27N3O7P2/c1-13(2)7-5-8-14(3)9-6-10-15(4)11-12-23-27(22,24-18-17-16)25-26(19,20)21/h7,9,11H,5-6,8,10,12H2,1-4H3,(H2,19,20,21). The summed E-state index contributed by atoms with van der Waals surface area (Å²) in [5.41, 5.74) is 11.7. The van der Waals surface area contributed by atoms with E-state index in [2.05, 4.69) is 52.0 Å². The quantitative estimate of drug-likeness (QED) is 0.0937. The fourth-order valence-electron chi connectivity index (χ4n) is 1.86. The van der Waals surface area contributed by atoms with Crippen LogP contribution in [-0.4, -0.2) is 16.4 Å². The highest BCUT2D eigenvalue weighted by Crippen LogP contribution is 2.61. The zero-order chi connectivity index (χ0) is 20.9. The Bertz CT molecular complexity index is 702. The van der Waals surface area contributed by atoms with E-state index in [9.17, 15) is 9.13 Å². The third kappa shape index (κ3) is 15.4. The summed E-state index contributed by atoms with van der Waals surface area (Å²) in [6.45, 7) is 7.74. The van der Waals surface area contributed by atoms with E-state index >= 15 is 0 Å². The van der Waals surface area contributed by atoms with Crippen molar-refractivity contribution in [1.82, 2.24) is 0 Å². The van der Waals surface area contributed by atoms with E-state index in [-0.39, 0.29) is 6.61 Å². The third-order valence-corrected chi connectivity index (χ3v) is 5.56. The summed E-state index contributed by atoms with van der Waals surface area (Å²) in [6.07, 6.45) is 9.45. The molecule has 0 spiro atoms. The molecule has 0 aromatic carbocycles. The molecular formula is C15H27N3O7P2. The minimum absolute atomic E-state index is 0.298. The number of phosphoric acid groups is 2. The van der Waals surface area contributed by atoms with Gasteiger partial charge in [0.25, 0.3) is 0 Å². The van der Waals surface area contributed by atoms with Gasteiger partial charge in [-0.3, -0.25) is 4.52 Å². The Morgan fingerprint density at radius 3 is 2.11 bits per heavy atom. The molecule has 0 aliphatic carbocycles. The molecule has 0 aliphatic heterocycles. The molecule has 0 fully saturated rings. The topological polar surface area (TPSA) is 151 Å². The highest BCUT2D eigenvalue weighted by molar-refractivity contribution is 7.61. The van der Waals surface area contributed by atoms with Crippen molar-refractivity contribution >= 4 is 15.6 Å². The van der Waals surface area contributed by atoms with Crippen molar-refractivity contribution in [3.63, 3.8) is 0 Å². The van der Waals surface area contributed by atoms with Crippen LogP contribution in [0.3, 0.4) is 0 Å². The lowest BCUT2D eigenvalue weighted by Crippen LogP contribution is -1.97. The molecule has 27 heavy (non-hydrogen) atoms. The van der Waals surface area contributed by atoms with Crippen LogP contribution in [0, 0.1) is 0 Å². The monoisotopic (exact) mass is 423 g/mol. The van der Waals surface area contributed by atoms with Gasteiger partial charge in [-0.25, -0.2) is 9.13 Å². The molecule has 0 amide bonds. The molecule has 2 N–H and O–H groups in total. The third-order valence-electron chi connectivity index (χ3n) is 3.17. The number of hydrogen-bond acceptors (Lipinski definition) is 6. The maximum atomic E-state index is 12.0. The van der Waals surface area contributed by atoms with Crippen LogP contribution >= 0.6 is 15.6 Å². The van der Waals surface area contributed by atoms with Gasteiger partial charge < -0.3 is 14.4 Å². The molecular weight excluding hydrogens is 396 g/mol. The van der Waals surface area contributed by atoms with Crippen LogP contribution in [0.1, 0.15) is 53.4 Å². The number of hydrogen-bond donors (Lipinski definition) is 2. The van der Waals surface area contributed by atoms with E-state index in [1.54, 1.807) is 6.08 Å². The van der Waals surface area contributed by atoms with Crippen molar-refractivity contribution in [1.29, 1.82) is 0 Å². The fourth-order valence-corrected chi connectivity index (χ4v) is 3.64. The predicted octanol–water partition coefficient (Wildman–Crippen LogP) is 5.88. The van der Waals surface area contributed by atoms with E-state index in [1.165, 1.54) is 11.1 Å². The zero-order valence-electron chi connectivity index (χ0n) is 15.9. The van der Waals surface area contributed by atoms with Crippen LogP contribution < -0.4 is 0 Å². The molecule has 0 saturated carbocycles. The van der Waals surface area contributed by atoms with Crippen LogP contribution in [0.15, 0.2) is 40.2 Å². The van der Waals surface area contributed by atoms with Crippen molar-refractivity contribution in [2.75, 3.05) is 6.61 Å². The molecule has 0 heterocycles. The largest absolute Gasteiger partial charge is 0.545 e. The van der Waals surface area contributed by atoms with E-state index in [0.717, 1.165) is 31.3 Å². The number of allylic oxidation sites excluding steroid dienone is 5. The first-order chi connectivity index (χ1) is 12.5. The molecule has 1 atom stereocenters. The first kappa shape index (κ1) is 25.6. The number of rotatable bonds is 13. The number of azide groups is 1. The van der Waals surface area contributed by atoms with Crippen molar-refractivity contribution in [2.24, 2.45) is 5.28 Å². The zero-order valence-corrected chi connectivity index (χ0v) is 17.7. The van der Waals surface area contributed by atoms with Gasteiger partial charge in [0.1, 0.15) is 5.28 Å². The molecule has 154 valence electrons. The van der Waals surface area contributed by atoms with Crippen LogP contribution in [0.4, 0.5) is 0 Å². The molecule has 0 aromatic rings. The highest BCUT2D eigenvalue weighted by atomic mass is 31.3. The van der Waals surface area contributed by atoms with E-state index in [0.29, 0.717) is 0 Å². The molecule has 1 unspecified atom stereocenters. The van der Waals surface area contributed by atoms with Crippen LogP contribution in [0.25, 0.3) is 10.4 Å². The van der Waals surface area contributed by atoms with Gasteiger partial charge in [-0.05, 0) is 58.9 Å². The van der Waals surface area contributed by atoms with Gasteiger partial charge in [0, 0.05) is 4.91 Å². The second kappa shape index (κ2) is 12.9. The average molecular weight is 423 g/mol. The van der Waals surface area contributed by atoms with E-state index in [1.807, 2.05) is 6.92 Å². The maximum Gasteiger partial charge on any atom is 0.545 e. The molecule has 0 saturated heterocycles. The Morgan fingerprint density at radius 2 is 1.59 bits per heavy atom. The highest BCUT2D eigenvalue weighted by Gasteiger charge is 2.37. The maximum absolute atomic E-state index is 12.0. The molecule has 10 nitrogen and oxygen atoms in total. The predicted molar refractivity (Wildman–Crippen MR) is 102 cm³/mol. The average Bonchev–Trinajstić information content (AvgIpc) is 2.51. The first-order valence-corrected chi connectivity index (χ1v) is 11.2. The van der Waals surface area contributed by atoms with Crippen molar-refractivity contribution in [3.8, 4) is 0 Å². The van der Waals surface area contributed by atoms with Crippen LogP contribution in [0.5, 0.6) is 0 Å². The van der Waals surface area contributed by atoms with Gasteiger partial charge in [-0.2, -0.15) is 4.31 Å². The molecule has 0 rings (SSSR count). The van der Waals surface area contributed by atoms with Crippen molar-refractivity contribution in [3.05, 3.63) is 45.4 Å². The van der Waals surface area contributed by atoms with Gasteiger partial charge in [-0.15, -0.1) is 0 Å². The van der Waals surface area contributed by atoms with Gasteiger partial charge >= 0.3 is 15.6 Å². The normalized spacial score (nSPS) is 14.9. The Kier molecular flexibility index (Phi) is 12.3. The molecule has 0 aliphatic rings. The Hall–Kier alpha value is -1.37. The lowest BCUT2D eigenvalue weighted by atomic mass is 10.1. The first-order valence-electron chi connectivity index (χ1n) is 8.16. The van der Waals surface area contributed by atoms with Crippen LogP contribution in [-0.2, 0) is 22.6 Å². The minimum atomic E-state index is -5.16. The Morgan fingerprint density at radius 1 is 1.04 bits per heavy atom. The van der Waals surface area contributed by atoms with Gasteiger partial charge in [-0.1, -0.05) is 34.9 Å². The van der Waals surface area contributed by atoms with E-state index < -0.39 is 15.6 Å².